The van der Waals surface area contributed by atoms with E-state index in [4.69, 9.17) is 4.74 Å². The van der Waals surface area contributed by atoms with Crippen LogP contribution in [0, 0.1) is 5.92 Å². The first-order chi connectivity index (χ1) is 13.2. The second-order valence-corrected chi connectivity index (χ2v) is 8.80. The van der Waals surface area contributed by atoms with Crippen molar-refractivity contribution in [2.45, 2.75) is 51.7 Å². The second-order valence-electron chi connectivity index (χ2n) is 7.82. The van der Waals surface area contributed by atoms with Gasteiger partial charge in [0.15, 0.2) is 5.96 Å². The SMILES string of the molecule is CCOC1CCN(C(=NC)NCC(c2cccs2)N2CCC(C)CC2)CC1.I. The fraction of sp³-hybridized carbons (Fsp3) is 0.762. The van der Waals surface area contributed by atoms with Crippen LogP contribution in [0.4, 0.5) is 0 Å². The highest BCUT2D eigenvalue weighted by atomic mass is 127. The number of halogens is 1. The molecule has 1 atom stereocenters. The summed E-state index contributed by atoms with van der Waals surface area (Å²) in [5.74, 6) is 1.90. The van der Waals surface area contributed by atoms with Crippen molar-refractivity contribution < 1.29 is 4.74 Å². The lowest BCUT2D eigenvalue weighted by atomic mass is 9.97. The van der Waals surface area contributed by atoms with E-state index in [1.54, 1.807) is 0 Å². The normalized spacial score (nSPS) is 21.4. The van der Waals surface area contributed by atoms with Crippen LogP contribution in [0.25, 0.3) is 0 Å². The lowest BCUT2D eigenvalue weighted by molar-refractivity contribution is 0.0262. The molecule has 0 amide bonds. The molecular formula is C21H37IN4OS. The Kier molecular flexibility index (Phi) is 10.5. The second kappa shape index (κ2) is 12.3. The largest absolute Gasteiger partial charge is 0.378 e. The highest BCUT2D eigenvalue weighted by molar-refractivity contribution is 14.0. The van der Waals surface area contributed by atoms with Gasteiger partial charge in [-0.2, -0.15) is 0 Å². The van der Waals surface area contributed by atoms with E-state index in [0.717, 1.165) is 51.0 Å². The van der Waals surface area contributed by atoms with Crippen LogP contribution in [-0.4, -0.2) is 68.2 Å². The molecule has 2 saturated heterocycles. The number of hydrogen-bond donors (Lipinski definition) is 1. The van der Waals surface area contributed by atoms with Crippen LogP contribution in [0.1, 0.15) is 50.4 Å². The van der Waals surface area contributed by atoms with E-state index < -0.39 is 0 Å². The van der Waals surface area contributed by atoms with Gasteiger partial charge in [0.1, 0.15) is 0 Å². The molecule has 0 aromatic carbocycles. The van der Waals surface area contributed by atoms with Crippen molar-refractivity contribution in [1.82, 2.24) is 15.1 Å². The van der Waals surface area contributed by atoms with Crippen molar-refractivity contribution in [2.24, 2.45) is 10.9 Å². The molecular weight excluding hydrogens is 483 g/mol. The Hall–Kier alpha value is -0.380. The van der Waals surface area contributed by atoms with Crippen LogP contribution in [-0.2, 0) is 4.74 Å². The highest BCUT2D eigenvalue weighted by Gasteiger charge is 2.27. The van der Waals surface area contributed by atoms with Crippen molar-refractivity contribution in [3.8, 4) is 0 Å². The molecule has 0 radical (unpaired) electrons. The van der Waals surface area contributed by atoms with Gasteiger partial charge in [0, 0.05) is 38.2 Å². The average Bonchev–Trinajstić information content (AvgIpc) is 3.22. The summed E-state index contributed by atoms with van der Waals surface area (Å²) in [5, 5.41) is 5.88. The molecule has 1 aromatic rings. The first kappa shape index (κ1) is 23.9. The van der Waals surface area contributed by atoms with Crippen LogP contribution < -0.4 is 5.32 Å². The Morgan fingerprint density at radius 1 is 1.25 bits per heavy atom. The molecule has 1 unspecified atom stereocenters. The maximum Gasteiger partial charge on any atom is 0.193 e. The van der Waals surface area contributed by atoms with Crippen LogP contribution in [0.5, 0.6) is 0 Å². The van der Waals surface area contributed by atoms with Crippen molar-refractivity contribution in [1.29, 1.82) is 0 Å². The molecule has 1 N–H and O–H groups in total. The van der Waals surface area contributed by atoms with Crippen LogP contribution in [0.15, 0.2) is 22.5 Å². The first-order valence-electron chi connectivity index (χ1n) is 10.6. The van der Waals surface area contributed by atoms with E-state index in [9.17, 15) is 0 Å². The van der Waals surface area contributed by atoms with Crippen molar-refractivity contribution in [3.05, 3.63) is 22.4 Å². The molecule has 3 heterocycles. The van der Waals surface area contributed by atoms with Crippen molar-refractivity contribution in [2.75, 3.05) is 46.4 Å². The summed E-state index contributed by atoms with van der Waals surface area (Å²) >= 11 is 1.87. The Bertz CT molecular complexity index is 567. The summed E-state index contributed by atoms with van der Waals surface area (Å²) in [6, 6.07) is 4.90. The maximum atomic E-state index is 5.79. The fourth-order valence-corrected chi connectivity index (χ4v) is 5.08. The lowest BCUT2D eigenvalue weighted by Crippen LogP contribution is -2.49. The highest BCUT2D eigenvalue weighted by Crippen LogP contribution is 2.29. The van der Waals surface area contributed by atoms with Gasteiger partial charge >= 0.3 is 0 Å². The molecule has 1 aromatic heterocycles. The Balaban J connectivity index is 0.00000280. The maximum absolute atomic E-state index is 5.79. The van der Waals surface area contributed by atoms with Crippen molar-refractivity contribution in [3.63, 3.8) is 0 Å². The molecule has 2 fully saturated rings. The van der Waals surface area contributed by atoms with E-state index in [2.05, 4.69) is 51.5 Å². The molecule has 0 spiro atoms. The molecule has 0 bridgehead atoms. The minimum absolute atomic E-state index is 0. The summed E-state index contributed by atoms with van der Waals surface area (Å²) in [4.78, 5) is 11.1. The molecule has 0 saturated carbocycles. The molecule has 0 aliphatic carbocycles. The average molecular weight is 521 g/mol. The zero-order valence-corrected chi connectivity index (χ0v) is 20.7. The van der Waals surface area contributed by atoms with E-state index in [0.29, 0.717) is 12.1 Å². The summed E-state index contributed by atoms with van der Waals surface area (Å²) in [6.07, 6.45) is 5.21. The Morgan fingerprint density at radius 2 is 1.96 bits per heavy atom. The molecule has 3 rings (SSSR count). The van der Waals surface area contributed by atoms with Gasteiger partial charge < -0.3 is 15.0 Å². The molecule has 160 valence electrons. The van der Waals surface area contributed by atoms with Crippen molar-refractivity contribution >= 4 is 41.3 Å². The molecule has 2 aliphatic rings. The van der Waals surface area contributed by atoms with Crippen LogP contribution in [0.2, 0.25) is 0 Å². The topological polar surface area (TPSA) is 40.1 Å². The number of nitrogens with one attached hydrogen (secondary N) is 1. The molecule has 2 aliphatic heterocycles. The zero-order chi connectivity index (χ0) is 19.1. The summed E-state index contributed by atoms with van der Waals surface area (Å²) in [6.45, 7) is 10.6. The summed E-state index contributed by atoms with van der Waals surface area (Å²) in [7, 11) is 1.90. The van der Waals surface area contributed by atoms with Gasteiger partial charge in [0.2, 0.25) is 0 Å². The Labute approximate surface area is 191 Å². The zero-order valence-electron chi connectivity index (χ0n) is 17.6. The molecule has 28 heavy (non-hydrogen) atoms. The number of ether oxygens (including phenoxy) is 1. The standard InChI is InChI=1S/C21H36N4OS.HI/c1-4-26-18-9-13-25(14-10-18)21(22-3)23-16-19(20-6-5-15-27-20)24-11-7-17(2)8-12-24;/h5-6,15,17-19H,4,7-14,16H2,1-3H3,(H,22,23);1H. The minimum atomic E-state index is 0. The number of guanidine groups is 1. The number of nitrogens with zero attached hydrogens (tertiary/aromatic N) is 3. The van der Waals surface area contributed by atoms with Crippen LogP contribution >= 0.6 is 35.3 Å². The third-order valence-corrected chi connectivity index (χ3v) is 6.91. The van der Waals surface area contributed by atoms with Gasteiger partial charge in [-0.1, -0.05) is 13.0 Å². The fourth-order valence-electron chi connectivity index (χ4n) is 4.22. The third kappa shape index (κ3) is 6.57. The number of aliphatic imine (C=N–C) groups is 1. The first-order valence-corrected chi connectivity index (χ1v) is 11.4. The smallest absolute Gasteiger partial charge is 0.193 e. The van der Waals surface area contributed by atoms with E-state index in [-0.39, 0.29) is 24.0 Å². The number of rotatable bonds is 6. The van der Waals surface area contributed by atoms with Gasteiger partial charge in [0.05, 0.1) is 12.1 Å². The molecule has 7 heteroatoms. The van der Waals surface area contributed by atoms with Gasteiger partial charge in [-0.05, 0) is 63.1 Å². The van der Waals surface area contributed by atoms with Gasteiger partial charge in [0.25, 0.3) is 0 Å². The van der Waals surface area contributed by atoms with E-state index in [1.165, 1.54) is 30.8 Å². The number of thiophene rings is 1. The minimum Gasteiger partial charge on any atom is -0.378 e. The Morgan fingerprint density at radius 3 is 2.54 bits per heavy atom. The van der Waals surface area contributed by atoms with Crippen LogP contribution in [0.3, 0.4) is 0 Å². The summed E-state index contributed by atoms with van der Waals surface area (Å²) < 4.78 is 5.79. The van der Waals surface area contributed by atoms with Gasteiger partial charge in [-0.25, -0.2) is 0 Å². The van der Waals surface area contributed by atoms with Gasteiger partial charge in [-0.15, -0.1) is 35.3 Å². The van der Waals surface area contributed by atoms with E-state index >= 15 is 0 Å². The van der Waals surface area contributed by atoms with Gasteiger partial charge in [-0.3, -0.25) is 9.89 Å². The summed E-state index contributed by atoms with van der Waals surface area (Å²) in [5.41, 5.74) is 0. The third-order valence-electron chi connectivity index (χ3n) is 5.94. The van der Waals surface area contributed by atoms with E-state index in [1.807, 2.05) is 18.4 Å². The number of hydrogen-bond acceptors (Lipinski definition) is 4. The quantitative estimate of drug-likeness (QED) is 0.347. The predicted octanol–water partition coefficient (Wildman–Crippen LogP) is 4.22. The molecule has 5 nitrogen and oxygen atoms in total. The lowest BCUT2D eigenvalue weighted by Gasteiger charge is -2.38. The number of likely N-dealkylation sites (tertiary alicyclic amines) is 2. The monoisotopic (exact) mass is 520 g/mol. The predicted molar refractivity (Wildman–Crippen MR) is 130 cm³/mol. The number of piperidine rings is 2.